The van der Waals surface area contributed by atoms with Crippen molar-refractivity contribution in [3.63, 3.8) is 0 Å². The fourth-order valence-corrected chi connectivity index (χ4v) is 4.64. The Hall–Kier alpha value is -2.66. The van der Waals surface area contributed by atoms with Gasteiger partial charge in [0.2, 0.25) is 10.0 Å². The Bertz CT molecular complexity index is 1020. The molecule has 192 valence electrons. The molecule has 0 bridgehead atoms. The standard InChI is InChI=1S/C25H35N3O6S/c1-18(2)15-26-20-8-10-22(11-9-20)35(31,32)27-16-24(29)23(14-19-6-4-3-5-7-19)28-25(30)34-21-12-13-33-17-21/h3-11,18,21,23-24,26-27,29H,12-17H2,1-2H3,(H,28,30)/t21-,23-,24+/m0/s1. The molecule has 9 nitrogen and oxygen atoms in total. The highest BCUT2D eigenvalue weighted by Gasteiger charge is 2.27. The average molecular weight is 506 g/mol. The smallest absolute Gasteiger partial charge is 0.407 e. The molecule has 2 aromatic carbocycles. The van der Waals surface area contributed by atoms with Gasteiger partial charge in [-0.25, -0.2) is 17.9 Å². The maximum atomic E-state index is 12.8. The maximum absolute atomic E-state index is 12.8. The van der Waals surface area contributed by atoms with Crippen molar-refractivity contribution in [2.24, 2.45) is 5.92 Å². The molecule has 3 atom stereocenters. The second-order valence-corrected chi connectivity index (χ2v) is 10.8. The van der Waals surface area contributed by atoms with Crippen LogP contribution in [0, 0.1) is 5.92 Å². The van der Waals surface area contributed by atoms with Gasteiger partial charge in [0, 0.05) is 25.2 Å². The van der Waals surface area contributed by atoms with Crippen molar-refractivity contribution >= 4 is 21.8 Å². The Labute approximate surface area is 207 Å². The van der Waals surface area contributed by atoms with Gasteiger partial charge < -0.3 is 25.2 Å². The first-order valence-corrected chi connectivity index (χ1v) is 13.3. The van der Waals surface area contributed by atoms with E-state index in [0.717, 1.165) is 17.8 Å². The number of rotatable bonds is 12. The molecule has 1 saturated heterocycles. The highest BCUT2D eigenvalue weighted by molar-refractivity contribution is 7.89. The summed E-state index contributed by atoms with van der Waals surface area (Å²) < 4.78 is 38.6. The number of hydrogen-bond donors (Lipinski definition) is 4. The number of nitrogens with one attached hydrogen (secondary N) is 3. The van der Waals surface area contributed by atoms with E-state index in [4.69, 9.17) is 9.47 Å². The van der Waals surface area contributed by atoms with Crippen molar-refractivity contribution in [2.45, 2.75) is 49.8 Å². The van der Waals surface area contributed by atoms with Crippen LogP contribution in [0.2, 0.25) is 0 Å². The number of alkyl carbamates (subject to hydrolysis) is 1. The number of ether oxygens (including phenoxy) is 2. The number of aliphatic hydroxyl groups excluding tert-OH is 1. The Kier molecular flexibility index (Phi) is 9.91. The normalized spacial score (nSPS) is 17.7. The third kappa shape index (κ3) is 8.81. The van der Waals surface area contributed by atoms with Gasteiger partial charge in [-0.15, -0.1) is 0 Å². The Morgan fingerprint density at radius 3 is 2.46 bits per heavy atom. The van der Waals surface area contributed by atoms with E-state index in [9.17, 15) is 18.3 Å². The molecular formula is C25H35N3O6S. The molecule has 0 radical (unpaired) electrons. The van der Waals surface area contributed by atoms with Gasteiger partial charge in [-0.2, -0.15) is 0 Å². The fraction of sp³-hybridized carbons (Fsp3) is 0.480. The molecular weight excluding hydrogens is 470 g/mol. The van der Waals surface area contributed by atoms with Gasteiger partial charge >= 0.3 is 6.09 Å². The van der Waals surface area contributed by atoms with Crippen molar-refractivity contribution < 1.29 is 27.8 Å². The molecule has 0 unspecified atom stereocenters. The summed E-state index contributed by atoms with van der Waals surface area (Å²) in [4.78, 5) is 12.5. The lowest BCUT2D eigenvalue weighted by molar-refractivity contribution is 0.0698. The van der Waals surface area contributed by atoms with Gasteiger partial charge in [-0.1, -0.05) is 44.2 Å². The monoisotopic (exact) mass is 505 g/mol. The van der Waals surface area contributed by atoms with Crippen LogP contribution in [0.3, 0.4) is 0 Å². The Balaban J connectivity index is 1.61. The number of carbonyl (C=O) groups is 1. The summed E-state index contributed by atoms with van der Waals surface area (Å²) in [5, 5.41) is 16.8. The number of carbonyl (C=O) groups excluding carboxylic acids is 1. The second kappa shape index (κ2) is 12.9. The van der Waals surface area contributed by atoms with Gasteiger partial charge in [-0.05, 0) is 42.2 Å². The number of sulfonamides is 1. The number of anilines is 1. The molecule has 2 aromatic rings. The molecule has 1 aliphatic rings. The molecule has 0 aromatic heterocycles. The molecule has 1 heterocycles. The zero-order chi connectivity index (χ0) is 25.3. The minimum atomic E-state index is -3.86. The molecule has 1 aliphatic heterocycles. The number of hydrogen-bond acceptors (Lipinski definition) is 7. The van der Waals surface area contributed by atoms with E-state index >= 15 is 0 Å². The van der Waals surface area contributed by atoms with Gasteiger partial charge in [-0.3, -0.25) is 0 Å². The number of benzene rings is 2. The quantitative estimate of drug-likeness (QED) is 0.349. The second-order valence-electron chi connectivity index (χ2n) is 9.05. The number of amides is 1. The summed E-state index contributed by atoms with van der Waals surface area (Å²) in [6.45, 7) is 5.55. The Morgan fingerprint density at radius 2 is 1.83 bits per heavy atom. The largest absolute Gasteiger partial charge is 0.444 e. The van der Waals surface area contributed by atoms with Crippen LogP contribution in [0.15, 0.2) is 59.5 Å². The lowest BCUT2D eigenvalue weighted by Crippen LogP contribution is -2.50. The van der Waals surface area contributed by atoms with Crippen LogP contribution in [0.25, 0.3) is 0 Å². The van der Waals surface area contributed by atoms with E-state index in [1.807, 2.05) is 30.3 Å². The predicted octanol–water partition coefficient (Wildman–Crippen LogP) is 2.52. The predicted molar refractivity (Wildman–Crippen MR) is 134 cm³/mol. The van der Waals surface area contributed by atoms with E-state index < -0.39 is 28.3 Å². The van der Waals surface area contributed by atoms with E-state index in [0.29, 0.717) is 32.0 Å². The summed E-state index contributed by atoms with van der Waals surface area (Å²) in [6.07, 6.45) is -1.28. The van der Waals surface area contributed by atoms with Gasteiger partial charge in [0.05, 0.1) is 30.3 Å². The summed E-state index contributed by atoms with van der Waals surface area (Å²) >= 11 is 0. The third-order valence-corrected chi connectivity index (χ3v) is 7.03. The van der Waals surface area contributed by atoms with E-state index in [2.05, 4.69) is 29.2 Å². The minimum Gasteiger partial charge on any atom is -0.444 e. The topological polar surface area (TPSA) is 126 Å². The van der Waals surface area contributed by atoms with E-state index in [-0.39, 0.29) is 17.5 Å². The van der Waals surface area contributed by atoms with Crippen LogP contribution in [-0.2, 0) is 25.9 Å². The van der Waals surface area contributed by atoms with E-state index in [1.54, 1.807) is 12.1 Å². The zero-order valence-corrected chi connectivity index (χ0v) is 21.0. The molecule has 35 heavy (non-hydrogen) atoms. The summed E-state index contributed by atoms with van der Waals surface area (Å²) in [5.74, 6) is 0.461. The van der Waals surface area contributed by atoms with Crippen LogP contribution in [0.4, 0.5) is 10.5 Å². The Morgan fingerprint density at radius 1 is 1.11 bits per heavy atom. The first-order chi connectivity index (χ1) is 16.7. The van der Waals surface area contributed by atoms with Gasteiger partial charge in [0.1, 0.15) is 6.10 Å². The van der Waals surface area contributed by atoms with Crippen molar-refractivity contribution in [3.05, 3.63) is 60.2 Å². The van der Waals surface area contributed by atoms with Gasteiger partial charge in [0.15, 0.2) is 0 Å². The molecule has 1 fully saturated rings. The maximum Gasteiger partial charge on any atom is 0.407 e. The molecule has 3 rings (SSSR count). The van der Waals surface area contributed by atoms with Crippen LogP contribution in [-0.4, -0.2) is 64.2 Å². The minimum absolute atomic E-state index is 0.0907. The lowest BCUT2D eigenvalue weighted by Gasteiger charge is -2.25. The zero-order valence-electron chi connectivity index (χ0n) is 20.1. The van der Waals surface area contributed by atoms with Crippen molar-refractivity contribution in [3.8, 4) is 0 Å². The van der Waals surface area contributed by atoms with Crippen LogP contribution in [0.5, 0.6) is 0 Å². The van der Waals surface area contributed by atoms with Crippen molar-refractivity contribution in [1.82, 2.24) is 10.0 Å². The van der Waals surface area contributed by atoms with Crippen LogP contribution < -0.4 is 15.4 Å². The molecule has 4 N–H and O–H groups in total. The lowest BCUT2D eigenvalue weighted by atomic mass is 10.0. The molecule has 0 saturated carbocycles. The third-order valence-electron chi connectivity index (χ3n) is 5.59. The highest BCUT2D eigenvalue weighted by Crippen LogP contribution is 2.15. The van der Waals surface area contributed by atoms with Crippen molar-refractivity contribution in [1.29, 1.82) is 0 Å². The summed E-state index contributed by atoms with van der Waals surface area (Å²) in [5.41, 5.74) is 1.71. The van der Waals surface area contributed by atoms with Crippen molar-refractivity contribution in [2.75, 3.05) is 31.6 Å². The van der Waals surface area contributed by atoms with Crippen LogP contribution >= 0.6 is 0 Å². The van der Waals surface area contributed by atoms with Gasteiger partial charge in [0.25, 0.3) is 0 Å². The molecule has 10 heteroatoms. The highest BCUT2D eigenvalue weighted by atomic mass is 32.2. The van der Waals surface area contributed by atoms with Crippen LogP contribution in [0.1, 0.15) is 25.8 Å². The first kappa shape index (κ1) is 26.9. The fourth-order valence-electron chi connectivity index (χ4n) is 3.59. The first-order valence-electron chi connectivity index (χ1n) is 11.8. The average Bonchev–Trinajstić information content (AvgIpc) is 3.34. The summed E-state index contributed by atoms with van der Waals surface area (Å²) in [6, 6.07) is 15.0. The van der Waals surface area contributed by atoms with E-state index in [1.165, 1.54) is 12.1 Å². The molecule has 1 amide bonds. The molecule has 0 spiro atoms. The number of aliphatic hydroxyl groups is 1. The SMILES string of the molecule is CC(C)CNc1ccc(S(=O)(=O)NC[C@@H](O)[C@H](Cc2ccccc2)NC(=O)O[C@H]2CCOC2)cc1. The summed E-state index contributed by atoms with van der Waals surface area (Å²) in [7, 11) is -3.86. The molecule has 0 aliphatic carbocycles.